The van der Waals surface area contributed by atoms with Crippen LogP contribution in [-0.2, 0) is 16.6 Å². The predicted molar refractivity (Wildman–Crippen MR) is 59.8 cm³/mol. The Kier molecular flexibility index (Phi) is 3.24. The lowest BCUT2D eigenvalue weighted by Gasteiger charge is -2.11. The zero-order valence-corrected chi connectivity index (χ0v) is 10.0. The second-order valence-electron chi connectivity index (χ2n) is 4.06. The molecule has 0 saturated heterocycles. The van der Waals surface area contributed by atoms with E-state index in [4.69, 9.17) is 5.73 Å². The van der Waals surface area contributed by atoms with Crippen LogP contribution in [-0.4, -0.2) is 13.7 Å². The topological polar surface area (TPSA) is 72.2 Å². The van der Waals surface area contributed by atoms with Crippen LogP contribution in [0.25, 0.3) is 0 Å². The number of anilines is 1. The molecular weight excluding hydrogens is 269 g/mol. The van der Waals surface area contributed by atoms with Crippen LogP contribution in [0.1, 0.15) is 18.4 Å². The van der Waals surface area contributed by atoms with Gasteiger partial charge in [-0.25, -0.2) is 21.6 Å². The first-order chi connectivity index (χ1) is 8.36. The van der Waals surface area contributed by atoms with Crippen LogP contribution in [0.2, 0.25) is 0 Å². The van der Waals surface area contributed by atoms with Crippen molar-refractivity contribution in [3.8, 4) is 0 Å². The summed E-state index contributed by atoms with van der Waals surface area (Å²) in [5.41, 5.74) is 3.81. The Hall–Kier alpha value is -1.28. The van der Waals surface area contributed by atoms with E-state index in [-0.39, 0.29) is 0 Å². The van der Waals surface area contributed by atoms with E-state index in [1.165, 1.54) is 0 Å². The van der Waals surface area contributed by atoms with Crippen molar-refractivity contribution in [3.05, 3.63) is 29.1 Å². The third kappa shape index (κ3) is 2.30. The van der Waals surface area contributed by atoms with Crippen LogP contribution in [0.4, 0.5) is 18.9 Å². The van der Waals surface area contributed by atoms with Crippen molar-refractivity contribution in [1.29, 1.82) is 0 Å². The Morgan fingerprint density at radius 1 is 1.28 bits per heavy atom. The van der Waals surface area contributed by atoms with E-state index in [0.717, 1.165) is 0 Å². The highest BCUT2D eigenvalue weighted by molar-refractivity contribution is 7.93. The van der Waals surface area contributed by atoms with Gasteiger partial charge in [0, 0.05) is 18.2 Å². The van der Waals surface area contributed by atoms with Crippen molar-refractivity contribution in [2.45, 2.75) is 24.6 Å². The first-order valence-electron chi connectivity index (χ1n) is 5.25. The number of rotatable bonds is 4. The summed E-state index contributed by atoms with van der Waals surface area (Å²) in [4.78, 5) is 0. The SMILES string of the molecule is NCc1c(F)c(F)cc(NS(=O)(=O)C2CC2)c1F. The standard InChI is InChI=1S/C10H11F3N2O2S/c11-7-3-8(10(13)6(4-14)9(7)12)15-18(16,17)5-1-2-5/h3,5,15H,1-2,4,14H2. The summed E-state index contributed by atoms with van der Waals surface area (Å²) in [5.74, 6) is -3.92. The lowest BCUT2D eigenvalue weighted by molar-refractivity contribution is 0.482. The number of nitrogens with one attached hydrogen (secondary N) is 1. The van der Waals surface area contributed by atoms with Gasteiger partial charge in [0.25, 0.3) is 0 Å². The highest BCUT2D eigenvalue weighted by Gasteiger charge is 2.36. The second kappa shape index (κ2) is 4.43. The fourth-order valence-corrected chi connectivity index (χ4v) is 2.90. The third-order valence-corrected chi connectivity index (χ3v) is 4.52. The van der Waals surface area contributed by atoms with E-state index in [2.05, 4.69) is 0 Å². The average molecular weight is 280 g/mol. The van der Waals surface area contributed by atoms with E-state index < -0.39 is 50.5 Å². The van der Waals surface area contributed by atoms with Crippen molar-refractivity contribution >= 4 is 15.7 Å². The fraction of sp³-hybridized carbons (Fsp3) is 0.400. The molecule has 1 aromatic carbocycles. The van der Waals surface area contributed by atoms with E-state index in [0.29, 0.717) is 18.9 Å². The molecule has 0 amide bonds. The monoisotopic (exact) mass is 280 g/mol. The molecular formula is C10H11F3N2O2S. The molecule has 1 aromatic rings. The van der Waals surface area contributed by atoms with E-state index in [1.54, 1.807) is 0 Å². The molecule has 0 unspecified atom stereocenters. The largest absolute Gasteiger partial charge is 0.326 e. The van der Waals surface area contributed by atoms with Crippen LogP contribution in [0.3, 0.4) is 0 Å². The molecule has 1 aliphatic rings. The van der Waals surface area contributed by atoms with Crippen LogP contribution in [0, 0.1) is 17.5 Å². The molecule has 8 heteroatoms. The van der Waals surface area contributed by atoms with Gasteiger partial charge >= 0.3 is 0 Å². The van der Waals surface area contributed by atoms with Crippen LogP contribution in [0.5, 0.6) is 0 Å². The molecule has 0 radical (unpaired) electrons. The number of nitrogens with two attached hydrogens (primary N) is 1. The second-order valence-corrected chi connectivity index (χ2v) is 6.02. The summed E-state index contributed by atoms with van der Waals surface area (Å²) in [7, 11) is -3.74. The van der Waals surface area contributed by atoms with Gasteiger partial charge in [-0.1, -0.05) is 0 Å². The Balaban J connectivity index is 2.42. The lowest BCUT2D eigenvalue weighted by atomic mass is 10.1. The average Bonchev–Trinajstić information content (AvgIpc) is 3.10. The maximum Gasteiger partial charge on any atom is 0.235 e. The predicted octanol–water partition coefficient (Wildman–Crippen LogP) is 1.47. The normalized spacial score (nSPS) is 15.8. The molecule has 0 aromatic heterocycles. The van der Waals surface area contributed by atoms with Gasteiger partial charge in [-0.15, -0.1) is 0 Å². The van der Waals surface area contributed by atoms with Gasteiger partial charge in [0.15, 0.2) is 17.5 Å². The Bertz CT molecular complexity index is 585. The summed E-state index contributed by atoms with van der Waals surface area (Å²) >= 11 is 0. The smallest absolute Gasteiger partial charge is 0.235 e. The molecule has 1 aliphatic carbocycles. The van der Waals surface area contributed by atoms with Gasteiger partial charge in [0.1, 0.15) is 0 Å². The Morgan fingerprint density at radius 3 is 2.39 bits per heavy atom. The van der Waals surface area contributed by atoms with Crippen molar-refractivity contribution in [2.75, 3.05) is 4.72 Å². The fourth-order valence-electron chi connectivity index (χ4n) is 1.52. The number of halogens is 3. The number of benzene rings is 1. The summed E-state index contributed by atoms with van der Waals surface area (Å²) in [5, 5.41) is -0.591. The molecule has 2 rings (SSSR count). The molecule has 3 N–H and O–H groups in total. The maximum atomic E-state index is 13.7. The molecule has 4 nitrogen and oxygen atoms in total. The van der Waals surface area contributed by atoms with Gasteiger partial charge in [0.2, 0.25) is 10.0 Å². The van der Waals surface area contributed by atoms with Gasteiger partial charge in [-0.3, -0.25) is 4.72 Å². The minimum absolute atomic E-state index is 0.476. The van der Waals surface area contributed by atoms with E-state index in [9.17, 15) is 21.6 Å². The van der Waals surface area contributed by atoms with Crippen molar-refractivity contribution < 1.29 is 21.6 Å². The van der Waals surface area contributed by atoms with Gasteiger partial charge in [-0.05, 0) is 12.8 Å². The van der Waals surface area contributed by atoms with Crippen molar-refractivity contribution in [3.63, 3.8) is 0 Å². The number of sulfonamides is 1. The minimum Gasteiger partial charge on any atom is -0.326 e. The van der Waals surface area contributed by atoms with Crippen LogP contribution < -0.4 is 10.5 Å². The molecule has 1 saturated carbocycles. The maximum absolute atomic E-state index is 13.7. The van der Waals surface area contributed by atoms with E-state index in [1.807, 2.05) is 4.72 Å². The summed E-state index contributed by atoms with van der Waals surface area (Å²) in [6.45, 7) is -0.562. The van der Waals surface area contributed by atoms with Crippen LogP contribution >= 0.6 is 0 Å². The number of hydrogen-bond donors (Lipinski definition) is 2. The Morgan fingerprint density at radius 2 is 1.89 bits per heavy atom. The zero-order valence-electron chi connectivity index (χ0n) is 9.21. The van der Waals surface area contributed by atoms with E-state index >= 15 is 0 Å². The molecule has 0 aliphatic heterocycles. The summed E-state index contributed by atoms with van der Waals surface area (Å²) in [6, 6.07) is 0.476. The van der Waals surface area contributed by atoms with Crippen molar-refractivity contribution in [2.24, 2.45) is 5.73 Å². The molecule has 0 atom stereocenters. The summed E-state index contributed by atoms with van der Waals surface area (Å²) in [6.07, 6.45) is 0.953. The highest BCUT2D eigenvalue weighted by Crippen LogP contribution is 2.31. The number of hydrogen-bond acceptors (Lipinski definition) is 3. The molecule has 0 spiro atoms. The first-order valence-corrected chi connectivity index (χ1v) is 6.79. The molecule has 1 fully saturated rings. The van der Waals surface area contributed by atoms with Gasteiger partial charge < -0.3 is 5.73 Å². The first kappa shape index (κ1) is 13.2. The zero-order chi connectivity index (χ0) is 13.5. The molecule has 100 valence electrons. The molecule has 0 heterocycles. The molecule has 0 bridgehead atoms. The Labute approximate surface area is 102 Å². The minimum atomic E-state index is -3.74. The van der Waals surface area contributed by atoms with Crippen LogP contribution in [0.15, 0.2) is 6.07 Å². The van der Waals surface area contributed by atoms with Gasteiger partial charge in [0.05, 0.1) is 10.9 Å². The molecule has 18 heavy (non-hydrogen) atoms. The highest BCUT2D eigenvalue weighted by atomic mass is 32.2. The summed E-state index contributed by atoms with van der Waals surface area (Å²) < 4.78 is 65.2. The quantitative estimate of drug-likeness (QED) is 0.820. The third-order valence-electron chi connectivity index (χ3n) is 2.67. The van der Waals surface area contributed by atoms with Gasteiger partial charge in [-0.2, -0.15) is 0 Å². The van der Waals surface area contributed by atoms with Crippen molar-refractivity contribution in [1.82, 2.24) is 0 Å². The lowest BCUT2D eigenvalue weighted by Crippen LogP contribution is -2.19.